The predicted octanol–water partition coefficient (Wildman–Crippen LogP) is 3.90. The van der Waals surface area contributed by atoms with E-state index in [9.17, 15) is 9.18 Å². The van der Waals surface area contributed by atoms with Gasteiger partial charge in [-0.15, -0.1) is 10.2 Å². The number of hydrogen-bond acceptors (Lipinski definition) is 5. The second-order valence-electron chi connectivity index (χ2n) is 8.45. The summed E-state index contributed by atoms with van der Waals surface area (Å²) in [5.74, 6) is 0.509. The predicted molar refractivity (Wildman–Crippen MR) is 123 cm³/mol. The third-order valence-corrected chi connectivity index (χ3v) is 6.85. The van der Waals surface area contributed by atoms with Crippen LogP contribution in [-0.2, 0) is 11.3 Å². The summed E-state index contributed by atoms with van der Waals surface area (Å²) in [4.78, 5) is 15.0. The third-order valence-electron chi connectivity index (χ3n) is 5.91. The van der Waals surface area contributed by atoms with Crippen molar-refractivity contribution in [3.63, 3.8) is 0 Å². The lowest BCUT2D eigenvalue weighted by Gasteiger charge is -2.16. The van der Waals surface area contributed by atoms with E-state index in [1.807, 2.05) is 10.6 Å². The Kier molecular flexibility index (Phi) is 6.23. The molecule has 166 valence electrons. The largest absolute Gasteiger partial charge is 0.351 e. The van der Waals surface area contributed by atoms with Crippen molar-refractivity contribution in [2.24, 2.45) is 0 Å². The molecule has 6 nitrogen and oxygen atoms in total. The van der Waals surface area contributed by atoms with Gasteiger partial charge in [0, 0.05) is 31.7 Å². The minimum atomic E-state index is -0.308. The molecule has 0 bridgehead atoms. The van der Waals surface area contributed by atoms with Gasteiger partial charge in [-0.3, -0.25) is 14.3 Å². The van der Waals surface area contributed by atoms with Crippen LogP contribution in [0.4, 0.5) is 4.39 Å². The summed E-state index contributed by atoms with van der Waals surface area (Å²) in [7, 11) is 0. The van der Waals surface area contributed by atoms with Gasteiger partial charge in [0.25, 0.3) is 0 Å². The van der Waals surface area contributed by atoms with Gasteiger partial charge in [-0.25, -0.2) is 4.39 Å². The Balaban J connectivity index is 1.17. The molecule has 1 aromatic heterocycles. The zero-order chi connectivity index (χ0) is 21.9. The molecule has 1 atom stereocenters. The smallest absolute Gasteiger partial charge is 0.230 e. The van der Waals surface area contributed by atoms with Crippen LogP contribution in [0.5, 0.6) is 0 Å². The number of carbonyl (C=O) groups is 1. The molecule has 1 unspecified atom stereocenters. The summed E-state index contributed by atoms with van der Waals surface area (Å²) in [6, 6.07) is 17.5. The van der Waals surface area contributed by atoms with Crippen LogP contribution in [0.15, 0.2) is 59.8 Å². The third kappa shape index (κ3) is 4.86. The SMILES string of the molecule is O=C(CSc1nnc(-c2ccccc2F)n1C1CC1)NC1CCN(Cc2ccccc2)C1. The molecule has 1 aliphatic heterocycles. The van der Waals surface area contributed by atoms with Gasteiger partial charge in [0.2, 0.25) is 5.91 Å². The van der Waals surface area contributed by atoms with E-state index >= 15 is 0 Å². The fourth-order valence-corrected chi connectivity index (χ4v) is 5.02. The van der Waals surface area contributed by atoms with E-state index in [4.69, 9.17) is 0 Å². The molecule has 2 heterocycles. The molecule has 1 amide bonds. The van der Waals surface area contributed by atoms with Crippen molar-refractivity contribution in [3.05, 3.63) is 66.0 Å². The van der Waals surface area contributed by atoms with E-state index in [0.29, 0.717) is 16.5 Å². The first kappa shape index (κ1) is 21.2. The number of thioether (sulfide) groups is 1. The highest BCUT2D eigenvalue weighted by atomic mass is 32.2. The molecule has 3 aromatic rings. The van der Waals surface area contributed by atoms with Crippen molar-refractivity contribution in [3.8, 4) is 11.4 Å². The van der Waals surface area contributed by atoms with Crippen molar-refractivity contribution in [2.45, 2.75) is 43.0 Å². The van der Waals surface area contributed by atoms with Crippen LogP contribution in [0.1, 0.15) is 30.9 Å². The van der Waals surface area contributed by atoms with Crippen LogP contribution in [0.25, 0.3) is 11.4 Å². The Hall–Kier alpha value is -2.71. The zero-order valence-electron chi connectivity index (χ0n) is 17.8. The molecule has 8 heteroatoms. The van der Waals surface area contributed by atoms with Crippen molar-refractivity contribution < 1.29 is 9.18 Å². The Morgan fingerprint density at radius 2 is 1.84 bits per heavy atom. The molecule has 2 aromatic carbocycles. The molecule has 1 aliphatic carbocycles. The van der Waals surface area contributed by atoms with E-state index in [1.54, 1.807) is 18.2 Å². The monoisotopic (exact) mass is 451 g/mol. The van der Waals surface area contributed by atoms with E-state index in [-0.39, 0.29) is 29.6 Å². The van der Waals surface area contributed by atoms with Gasteiger partial charge in [0.1, 0.15) is 5.82 Å². The van der Waals surface area contributed by atoms with Gasteiger partial charge in [-0.05, 0) is 37.0 Å². The number of nitrogens with zero attached hydrogens (tertiary/aromatic N) is 4. The number of rotatable bonds is 8. The minimum absolute atomic E-state index is 0.000602. The molecule has 1 N–H and O–H groups in total. The van der Waals surface area contributed by atoms with E-state index in [1.165, 1.54) is 23.4 Å². The number of hydrogen-bond donors (Lipinski definition) is 1. The van der Waals surface area contributed by atoms with Gasteiger partial charge in [0.15, 0.2) is 11.0 Å². The standard InChI is InChI=1S/C24H26FN5OS/c25-21-9-5-4-8-20(21)23-27-28-24(30(23)19-10-11-19)32-16-22(31)26-18-12-13-29(15-18)14-17-6-2-1-3-7-17/h1-9,18-19H,10-16H2,(H,26,31). The molecule has 2 fully saturated rings. The molecule has 2 aliphatic rings. The van der Waals surface area contributed by atoms with E-state index < -0.39 is 0 Å². The summed E-state index contributed by atoms with van der Waals surface area (Å²) in [6.45, 7) is 2.75. The van der Waals surface area contributed by atoms with Crippen molar-refractivity contribution in [1.29, 1.82) is 0 Å². The maximum atomic E-state index is 14.3. The van der Waals surface area contributed by atoms with Gasteiger partial charge in [0.05, 0.1) is 11.3 Å². The number of benzene rings is 2. The second kappa shape index (κ2) is 9.42. The maximum Gasteiger partial charge on any atom is 0.230 e. The summed E-state index contributed by atoms with van der Waals surface area (Å²) < 4.78 is 16.3. The van der Waals surface area contributed by atoms with Crippen LogP contribution in [0.2, 0.25) is 0 Å². The highest BCUT2D eigenvalue weighted by Crippen LogP contribution is 2.41. The Bertz CT molecular complexity index is 1090. The number of amides is 1. The average Bonchev–Trinajstić information content (AvgIpc) is 3.41. The lowest BCUT2D eigenvalue weighted by atomic mass is 10.2. The number of nitrogens with one attached hydrogen (secondary N) is 1. The molecule has 0 radical (unpaired) electrons. The first-order valence-electron chi connectivity index (χ1n) is 11.1. The summed E-state index contributed by atoms with van der Waals surface area (Å²) in [6.07, 6.45) is 3.01. The number of carbonyl (C=O) groups excluding carboxylic acids is 1. The van der Waals surface area contributed by atoms with Crippen molar-refractivity contribution >= 4 is 17.7 Å². The lowest BCUT2D eigenvalue weighted by molar-refractivity contribution is -0.119. The fourth-order valence-electron chi connectivity index (χ4n) is 4.20. The normalized spacial score (nSPS) is 18.7. The number of halogens is 1. The average molecular weight is 452 g/mol. The summed E-state index contributed by atoms with van der Waals surface area (Å²) in [5, 5.41) is 12.4. The molecule has 1 saturated heterocycles. The molecule has 32 heavy (non-hydrogen) atoms. The Labute approximate surface area is 191 Å². The molecule has 5 rings (SSSR count). The maximum absolute atomic E-state index is 14.3. The van der Waals surface area contributed by atoms with Gasteiger partial charge < -0.3 is 5.32 Å². The van der Waals surface area contributed by atoms with Crippen LogP contribution in [-0.4, -0.2) is 50.5 Å². The topological polar surface area (TPSA) is 63.1 Å². The van der Waals surface area contributed by atoms with Crippen molar-refractivity contribution in [2.75, 3.05) is 18.8 Å². The summed E-state index contributed by atoms with van der Waals surface area (Å²) >= 11 is 1.37. The lowest BCUT2D eigenvalue weighted by Crippen LogP contribution is -2.38. The van der Waals surface area contributed by atoms with Crippen molar-refractivity contribution in [1.82, 2.24) is 25.0 Å². The van der Waals surface area contributed by atoms with Crippen LogP contribution in [0, 0.1) is 5.82 Å². The van der Waals surface area contributed by atoms with Gasteiger partial charge >= 0.3 is 0 Å². The Morgan fingerprint density at radius 3 is 2.62 bits per heavy atom. The highest BCUT2D eigenvalue weighted by Gasteiger charge is 2.31. The van der Waals surface area contributed by atoms with Crippen LogP contribution < -0.4 is 5.32 Å². The fraction of sp³-hybridized carbons (Fsp3) is 0.375. The number of aromatic nitrogens is 3. The minimum Gasteiger partial charge on any atom is -0.351 e. The highest BCUT2D eigenvalue weighted by molar-refractivity contribution is 7.99. The van der Waals surface area contributed by atoms with E-state index in [0.717, 1.165) is 38.9 Å². The molecular weight excluding hydrogens is 425 g/mol. The zero-order valence-corrected chi connectivity index (χ0v) is 18.6. The number of likely N-dealkylation sites (tertiary alicyclic amines) is 1. The quantitative estimate of drug-likeness (QED) is 0.527. The first-order valence-corrected chi connectivity index (χ1v) is 12.0. The second-order valence-corrected chi connectivity index (χ2v) is 9.39. The molecule has 1 saturated carbocycles. The first-order chi connectivity index (χ1) is 15.7. The van der Waals surface area contributed by atoms with Gasteiger partial charge in [-0.1, -0.05) is 54.2 Å². The summed E-state index contributed by atoms with van der Waals surface area (Å²) in [5.41, 5.74) is 1.74. The molecular formula is C24H26FN5OS. The Morgan fingerprint density at radius 1 is 1.06 bits per heavy atom. The van der Waals surface area contributed by atoms with Gasteiger partial charge in [-0.2, -0.15) is 0 Å². The van der Waals surface area contributed by atoms with Crippen LogP contribution >= 0.6 is 11.8 Å². The van der Waals surface area contributed by atoms with E-state index in [2.05, 4.69) is 44.7 Å². The molecule has 0 spiro atoms. The van der Waals surface area contributed by atoms with Crippen LogP contribution in [0.3, 0.4) is 0 Å².